The van der Waals surface area contributed by atoms with Gasteiger partial charge in [0, 0.05) is 24.8 Å². The maximum Gasteiger partial charge on any atom is 0.126 e. The van der Waals surface area contributed by atoms with Gasteiger partial charge >= 0.3 is 0 Å². The van der Waals surface area contributed by atoms with Crippen LogP contribution in [-0.2, 0) is 12.8 Å². The Morgan fingerprint density at radius 1 is 1.25 bits per heavy atom. The summed E-state index contributed by atoms with van der Waals surface area (Å²) < 4.78 is 0. The Morgan fingerprint density at radius 3 is 3.10 bits per heavy atom. The van der Waals surface area contributed by atoms with Gasteiger partial charge in [-0.25, -0.2) is 4.98 Å². The summed E-state index contributed by atoms with van der Waals surface area (Å²) in [5, 5.41) is 3.49. The van der Waals surface area contributed by atoms with Crippen LogP contribution in [-0.4, -0.2) is 35.6 Å². The molecule has 1 unspecified atom stereocenters. The van der Waals surface area contributed by atoms with Crippen LogP contribution in [0.15, 0.2) is 12.1 Å². The summed E-state index contributed by atoms with van der Waals surface area (Å²) in [5.41, 5.74) is 2.78. The van der Waals surface area contributed by atoms with Gasteiger partial charge in [-0.2, -0.15) is 0 Å². The van der Waals surface area contributed by atoms with Crippen LogP contribution in [0.4, 0.5) is 5.82 Å². The van der Waals surface area contributed by atoms with Gasteiger partial charge in [-0.1, -0.05) is 12.5 Å². The molecule has 0 saturated carbocycles. The molecule has 1 aromatic rings. The molecule has 2 heterocycles. The average molecular weight is 273 g/mol. The largest absolute Gasteiger partial charge is 0.370 e. The maximum atomic E-state index is 4.73. The van der Waals surface area contributed by atoms with E-state index in [2.05, 4.69) is 29.3 Å². The van der Waals surface area contributed by atoms with Gasteiger partial charge in [0.15, 0.2) is 0 Å². The molecule has 2 aliphatic rings. The lowest BCUT2D eigenvalue weighted by Gasteiger charge is -2.33. The summed E-state index contributed by atoms with van der Waals surface area (Å²) in [6, 6.07) is 5.18. The van der Waals surface area contributed by atoms with E-state index in [1.54, 1.807) is 0 Å². The van der Waals surface area contributed by atoms with Gasteiger partial charge in [0.05, 0.1) is 0 Å². The predicted octanol–water partition coefficient (Wildman–Crippen LogP) is 3.25. The minimum absolute atomic E-state index is 0.780. The topological polar surface area (TPSA) is 28.2 Å². The Hall–Kier alpha value is -1.09. The van der Waals surface area contributed by atoms with Crippen molar-refractivity contribution in [3.63, 3.8) is 0 Å². The fraction of sp³-hybridized carbons (Fsp3) is 0.706. The van der Waals surface area contributed by atoms with Crippen LogP contribution in [0, 0.1) is 0 Å². The molecule has 1 atom stereocenters. The summed E-state index contributed by atoms with van der Waals surface area (Å²) in [6.45, 7) is 5.92. The van der Waals surface area contributed by atoms with Crippen molar-refractivity contribution >= 4 is 5.82 Å². The SMILES string of the molecule is CC1CCCCN1CCCNc1ccc2c(n1)CCC2. The van der Waals surface area contributed by atoms with E-state index in [0.29, 0.717) is 0 Å². The van der Waals surface area contributed by atoms with E-state index in [4.69, 9.17) is 4.98 Å². The number of nitrogens with zero attached hydrogens (tertiary/aromatic N) is 2. The van der Waals surface area contributed by atoms with Crippen LogP contribution in [0.25, 0.3) is 0 Å². The Labute approximate surface area is 122 Å². The molecular weight excluding hydrogens is 246 g/mol. The van der Waals surface area contributed by atoms with Crippen molar-refractivity contribution in [3.05, 3.63) is 23.4 Å². The second-order valence-corrected chi connectivity index (χ2v) is 6.32. The van der Waals surface area contributed by atoms with Crippen molar-refractivity contribution in [2.24, 2.45) is 0 Å². The molecule has 3 heteroatoms. The molecule has 0 amide bonds. The van der Waals surface area contributed by atoms with Gasteiger partial charge in [0.25, 0.3) is 0 Å². The number of piperidine rings is 1. The molecule has 3 rings (SSSR count). The molecule has 1 fully saturated rings. The standard InChI is InChI=1S/C17H27N3/c1-14-6-2-3-12-20(14)13-5-11-18-17-10-9-15-7-4-8-16(15)19-17/h9-10,14H,2-8,11-13H2,1H3,(H,18,19). The van der Waals surface area contributed by atoms with Crippen LogP contribution in [0.5, 0.6) is 0 Å². The number of fused-ring (bicyclic) bond motifs is 1. The van der Waals surface area contributed by atoms with Crippen LogP contribution in [0.2, 0.25) is 0 Å². The van der Waals surface area contributed by atoms with Gasteiger partial charge in [0.2, 0.25) is 0 Å². The highest BCUT2D eigenvalue weighted by molar-refractivity contribution is 5.40. The predicted molar refractivity (Wildman–Crippen MR) is 84.3 cm³/mol. The molecule has 20 heavy (non-hydrogen) atoms. The van der Waals surface area contributed by atoms with Crippen molar-refractivity contribution in [1.82, 2.24) is 9.88 Å². The first-order chi connectivity index (χ1) is 9.83. The number of nitrogens with one attached hydrogen (secondary N) is 1. The molecule has 1 aromatic heterocycles. The van der Waals surface area contributed by atoms with E-state index in [0.717, 1.165) is 24.8 Å². The zero-order valence-electron chi connectivity index (χ0n) is 12.7. The number of hydrogen-bond acceptors (Lipinski definition) is 3. The highest BCUT2D eigenvalue weighted by atomic mass is 15.2. The third-order valence-electron chi connectivity index (χ3n) is 4.80. The Bertz CT molecular complexity index is 444. The van der Waals surface area contributed by atoms with E-state index < -0.39 is 0 Å². The highest BCUT2D eigenvalue weighted by Gasteiger charge is 2.17. The first-order valence-corrected chi connectivity index (χ1v) is 8.29. The molecule has 0 bridgehead atoms. The summed E-state index contributed by atoms with van der Waals surface area (Å²) >= 11 is 0. The Morgan fingerprint density at radius 2 is 2.20 bits per heavy atom. The van der Waals surface area contributed by atoms with Crippen molar-refractivity contribution in [3.8, 4) is 0 Å². The van der Waals surface area contributed by atoms with Crippen LogP contribution in [0.3, 0.4) is 0 Å². The molecular formula is C17H27N3. The van der Waals surface area contributed by atoms with Crippen LogP contribution < -0.4 is 5.32 Å². The van der Waals surface area contributed by atoms with E-state index in [1.807, 2.05) is 0 Å². The van der Waals surface area contributed by atoms with Crippen LogP contribution in [0.1, 0.15) is 50.3 Å². The first-order valence-electron chi connectivity index (χ1n) is 8.29. The van der Waals surface area contributed by atoms with E-state index in [9.17, 15) is 0 Å². The van der Waals surface area contributed by atoms with Gasteiger partial charge < -0.3 is 10.2 Å². The second kappa shape index (κ2) is 6.57. The van der Waals surface area contributed by atoms with Crippen LogP contribution >= 0.6 is 0 Å². The molecule has 1 saturated heterocycles. The molecule has 0 aromatic carbocycles. The fourth-order valence-corrected chi connectivity index (χ4v) is 3.51. The second-order valence-electron chi connectivity index (χ2n) is 6.32. The normalized spacial score (nSPS) is 22.8. The summed E-state index contributed by atoms with van der Waals surface area (Å²) in [6.07, 6.45) is 9.03. The summed E-state index contributed by atoms with van der Waals surface area (Å²) in [7, 11) is 0. The number of aromatic nitrogens is 1. The van der Waals surface area contributed by atoms with Gasteiger partial charge in [0.1, 0.15) is 5.82 Å². The molecule has 0 spiro atoms. The van der Waals surface area contributed by atoms with Gasteiger partial charge in [-0.3, -0.25) is 0 Å². The van der Waals surface area contributed by atoms with Crippen molar-refractivity contribution < 1.29 is 0 Å². The number of hydrogen-bond donors (Lipinski definition) is 1. The molecule has 0 radical (unpaired) electrons. The lowest BCUT2D eigenvalue weighted by atomic mass is 10.0. The van der Waals surface area contributed by atoms with Crippen molar-refractivity contribution in [2.75, 3.05) is 25.0 Å². The zero-order valence-corrected chi connectivity index (χ0v) is 12.7. The molecule has 1 N–H and O–H groups in total. The number of anilines is 1. The zero-order chi connectivity index (χ0) is 13.8. The highest BCUT2D eigenvalue weighted by Crippen LogP contribution is 2.21. The molecule has 110 valence electrons. The van der Waals surface area contributed by atoms with E-state index >= 15 is 0 Å². The lowest BCUT2D eigenvalue weighted by molar-refractivity contribution is 0.160. The minimum Gasteiger partial charge on any atom is -0.370 e. The number of likely N-dealkylation sites (tertiary alicyclic amines) is 1. The quantitative estimate of drug-likeness (QED) is 0.835. The Balaban J connectivity index is 1.41. The van der Waals surface area contributed by atoms with Gasteiger partial charge in [-0.05, 0) is 63.6 Å². The smallest absolute Gasteiger partial charge is 0.126 e. The lowest BCUT2D eigenvalue weighted by Crippen LogP contribution is -2.38. The van der Waals surface area contributed by atoms with Crippen molar-refractivity contribution in [2.45, 2.75) is 57.9 Å². The fourth-order valence-electron chi connectivity index (χ4n) is 3.51. The summed E-state index contributed by atoms with van der Waals surface area (Å²) in [4.78, 5) is 7.37. The Kier molecular flexibility index (Phi) is 4.56. The minimum atomic E-state index is 0.780. The third kappa shape index (κ3) is 3.32. The third-order valence-corrected chi connectivity index (χ3v) is 4.80. The summed E-state index contributed by atoms with van der Waals surface area (Å²) in [5.74, 6) is 1.07. The molecule has 3 nitrogen and oxygen atoms in total. The van der Waals surface area contributed by atoms with Crippen molar-refractivity contribution in [1.29, 1.82) is 0 Å². The first kappa shape index (κ1) is 13.9. The average Bonchev–Trinajstić information content (AvgIpc) is 2.93. The monoisotopic (exact) mass is 273 g/mol. The number of rotatable bonds is 5. The van der Waals surface area contributed by atoms with E-state index in [-0.39, 0.29) is 0 Å². The van der Waals surface area contributed by atoms with Gasteiger partial charge in [-0.15, -0.1) is 0 Å². The molecule has 1 aliphatic heterocycles. The number of pyridine rings is 1. The van der Waals surface area contributed by atoms with E-state index in [1.165, 1.54) is 62.9 Å². The number of aryl methyl sites for hydroxylation is 2. The molecule has 1 aliphatic carbocycles. The maximum absolute atomic E-state index is 4.73.